The molecule has 4 rings (SSSR count). The molecule has 0 saturated carbocycles. The van der Waals surface area contributed by atoms with E-state index in [0.717, 1.165) is 37.1 Å². The van der Waals surface area contributed by atoms with E-state index in [4.69, 9.17) is 4.74 Å². The molecule has 1 aromatic heterocycles. The van der Waals surface area contributed by atoms with Crippen molar-refractivity contribution in [1.82, 2.24) is 4.98 Å². The highest BCUT2D eigenvalue weighted by Gasteiger charge is 2.23. The minimum Gasteiger partial charge on any atom is -0.381 e. The number of rotatable bonds is 6. The summed E-state index contributed by atoms with van der Waals surface area (Å²) in [5.74, 6) is 0.508. The van der Waals surface area contributed by atoms with Crippen molar-refractivity contribution in [3.63, 3.8) is 0 Å². The van der Waals surface area contributed by atoms with Crippen LogP contribution in [0.15, 0.2) is 60.9 Å². The molecular weight excluding hydrogens is 342 g/mol. The van der Waals surface area contributed by atoms with E-state index in [1.807, 2.05) is 24.3 Å². The average molecular weight is 363 g/mol. The SMILES string of the molecule is O=[N+]([O-])c1ccc(NC(CC2CCOC2)c2ccccc2)c2ccncc12. The first kappa shape index (κ1) is 17.4. The summed E-state index contributed by atoms with van der Waals surface area (Å²) < 4.78 is 5.55. The lowest BCUT2D eigenvalue weighted by Crippen LogP contribution is -2.16. The Morgan fingerprint density at radius 1 is 1.19 bits per heavy atom. The predicted molar refractivity (Wildman–Crippen MR) is 105 cm³/mol. The number of fused-ring (bicyclic) bond motifs is 1. The summed E-state index contributed by atoms with van der Waals surface area (Å²) in [5.41, 5.74) is 2.15. The summed E-state index contributed by atoms with van der Waals surface area (Å²) in [5, 5.41) is 16.3. The van der Waals surface area contributed by atoms with Gasteiger partial charge in [-0.3, -0.25) is 15.1 Å². The number of pyridine rings is 1. The standard InChI is InChI=1S/C21H21N3O3/c25-24(26)21-7-6-19(17-8-10-22-13-18(17)21)23-20(12-15-9-11-27-14-15)16-4-2-1-3-5-16/h1-8,10,13,15,20,23H,9,11-12,14H2. The predicted octanol–water partition coefficient (Wildman–Crippen LogP) is 4.72. The zero-order chi connectivity index (χ0) is 18.6. The Morgan fingerprint density at radius 3 is 2.78 bits per heavy atom. The molecule has 0 amide bonds. The molecule has 0 spiro atoms. The van der Waals surface area contributed by atoms with Crippen molar-refractivity contribution in [2.24, 2.45) is 5.92 Å². The highest BCUT2D eigenvalue weighted by molar-refractivity contribution is 5.99. The third-order valence-electron chi connectivity index (χ3n) is 5.12. The van der Waals surface area contributed by atoms with Crippen molar-refractivity contribution in [2.45, 2.75) is 18.9 Å². The highest BCUT2D eigenvalue weighted by Crippen LogP contribution is 2.35. The van der Waals surface area contributed by atoms with Crippen LogP contribution in [0.5, 0.6) is 0 Å². The molecule has 6 nitrogen and oxygen atoms in total. The van der Waals surface area contributed by atoms with E-state index in [1.54, 1.807) is 24.5 Å². The zero-order valence-electron chi connectivity index (χ0n) is 14.9. The van der Waals surface area contributed by atoms with E-state index in [0.29, 0.717) is 11.3 Å². The molecule has 0 radical (unpaired) electrons. The molecule has 1 saturated heterocycles. The van der Waals surface area contributed by atoms with Gasteiger partial charge < -0.3 is 10.1 Å². The Kier molecular flexibility index (Phi) is 4.98. The Labute approximate surface area is 157 Å². The maximum atomic E-state index is 11.3. The second-order valence-electron chi connectivity index (χ2n) is 6.88. The van der Waals surface area contributed by atoms with Crippen molar-refractivity contribution in [2.75, 3.05) is 18.5 Å². The van der Waals surface area contributed by atoms with Crippen molar-refractivity contribution in [3.05, 3.63) is 76.6 Å². The van der Waals surface area contributed by atoms with Crippen LogP contribution in [-0.4, -0.2) is 23.1 Å². The smallest absolute Gasteiger partial charge is 0.278 e. The van der Waals surface area contributed by atoms with E-state index in [-0.39, 0.29) is 16.7 Å². The van der Waals surface area contributed by atoms with Crippen LogP contribution in [0.2, 0.25) is 0 Å². The topological polar surface area (TPSA) is 77.3 Å². The van der Waals surface area contributed by atoms with Crippen LogP contribution in [0.4, 0.5) is 11.4 Å². The van der Waals surface area contributed by atoms with E-state index in [9.17, 15) is 10.1 Å². The van der Waals surface area contributed by atoms with Crippen molar-refractivity contribution in [3.8, 4) is 0 Å². The normalized spacial score (nSPS) is 17.7. The largest absolute Gasteiger partial charge is 0.381 e. The minimum absolute atomic E-state index is 0.0732. The fourth-order valence-electron chi connectivity index (χ4n) is 3.71. The quantitative estimate of drug-likeness (QED) is 0.506. The lowest BCUT2D eigenvalue weighted by Gasteiger charge is -2.24. The van der Waals surface area contributed by atoms with Gasteiger partial charge in [-0.2, -0.15) is 0 Å². The second kappa shape index (κ2) is 7.72. The Bertz CT molecular complexity index is 940. The maximum absolute atomic E-state index is 11.3. The average Bonchev–Trinajstić information content (AvgIpc) is 3.21. The summed E-state index contributed by atoms with van der Waals surface area (Å²) in [7, 11) is 0. The summed E-state index contributed by atoms with van der Waals surface area (Å²) in [6, 6.07) is 15.6. The van der Waals surface area contributed by atoms with Gasteiger partial charge in [-0.25, -0.2) is 0 Å². The molecule has 0 aliphatic carbocycles. The van der Waals surface area contributed by atoms with E-state index < -0.39 is 0 Å². The van der Waals surface area contributed by atoms with Crippen LogP contribution in [0.25, 0.3) is 10.8 Å². The number of benzene rings is 2. The van der Waals surface area contributed by atoms with Crippen LogP contribution >= 0.6 is 0 Å². The first-order valence-corrected chi connectivity index (χ1v) is 9.12. The van der Waals surface area contributed by atoms with Gasteiger partial charge in [0.15, 0.2) is 0 Å². The zero-order valence-corrected chi connectivity index (χ0v) is 14.9. The number of nitro benzene ring substituents is 1. The summed E-state index contributed by atoms with van der Waals surface area (Å²) in [4.78, 5) is 15.0. The van der Waals surface area contributed by atoms with Crippen molar-refractivity contribution in [1.29, 1.82) is 0 Å². The van der Waals surface area contributed by atoms with Gasteiger partial charge >= 0.3 is 0 Å². The molecule has 6 heteroatoms. The number of nitro groups is 1. The molecular formula is C21H21N3O3. The first-order chi connectivity index (χ1) is 13.2. The summed E-state index contributed by atoms with van der Waals surface area (Å²) in [6.45, 7) is 1.61. The van der Waals surface area contributed by atoms with Crippen LogP contribution < -0.4 is 5.32 Å². The van der Waals surface area contributed by atoms with E-state index in [1.165, 1.54) is 5.56 Å². The van der Waals surface area contributed by atoms with Gasteiger partial charge in [0.25, 0.3) is 5.69 Å². The van der Waals surface area contributed by atoms with Gasteiger partial charge in [-0.15, -0.1) is 0 Å². The third kappa shape index (κ3) is 3.75. The fourth-order valence-corrected chi connectivity index (χ4v) is 3.71. The maximum Gasteiger partial charge on any atom is 0.278 e. The monoisotopic (exact) mass is 363 g/mol. The molecule has 1 aliphatic rings. The fraction of sp³-hybridized carbons (Fsp3) is 0.286. The summed E-state index contributed by atoms with van der Waals surface area (Å²) in [6.07, 6.45) is 5.24. The van der Waals surface area contributed by atoms with Crippen LogP contribution in [0.3, 0.4) is 0 Å². The van der Waals surface area contributed by atoms with Gasteiger partial charge in [0.05, 0.1) is 16.4 Å². The Hall–Kier alpha value is -2.99. The third-order valence-corrected chi connectivity index (χ3v) is 5.12. The van der Waals surface area contributed by atoms with E-state index in [2.05, 4.69) is 22.4 Å². The molecule has 2 aromatic carbocycles. The molecule has 0 bridgehead atoms. The number of non-ortho nitro benzene ring substituents is 1. The number of aromatic nitrogens is 1. The number of ether oxygens (including phenoxy) is 1. The minimum atomic E-state index is -0.363. The Morgan fingerprint density at radius 2 is 2.04 bits per heavy atom. The van der Waals surface area contributed by atoms with Crippen molar-refractivity contribution >= 4 is 22.1 Å². The first-order valence-electron chi connectivity index (χ1n) is 9.12. The highest BCUT2D eigenvalue weighted by atomic mass is 16.6. The van der Waals surface area contributed by atoms with Gasteiger partial charge in [-0.1, -0.05) is 30.3 Å². The van der Waals surface area contributed by atoms with Crippen LogP contribution in [0.1, 0.15) is 24.4 Å². The Balaban J connectivity index is 1.70. The van der Waals surface area contributed by atoms with Crippen molar-refractivity contribution < 1.29 is 9.66 Å². The molecule has 2 atom stereocenters. The number of hydrogen-bond donors (Lipinski definition) is 1. The number of nitrogens with one attached hydrogen (secondary N) is 1. The number of anilines is 1. The second-order valence-corrected chi connectivity index (χ2v) is 6.88. The van der Waals surface area contributed by atoms with Crippen LogP contribution in [-0.2, 0) is 4.74 Å². The summed E-state index contributed by atoms with van der Waals surface area (Å²) >= 11 is 0. The lowest BCUT2D eigenvalue weighted by molar-refractivity contribution is -0.383. The van der Waals surface area contributed by atoms with Gasteiger partial charge in [0.2, 0.25) is 0 Å². The molecule has 1 fully saturated rings. The van der Waals surface area contributed by atoms with Gasteiger partial charge in [-0.05, 0) is 36.5 Å². The molecule has 1 aliphatic heterocycles. The molecule has 2 heterocycles. The molecule has 27 heavy (non-hydrogen) atoms. The molecule has 1 N–H and O–H groups in total. The number of hydrogen-bond acceptors (Lipinski definition) is 5. The van der Waals surface area contributed by atoms with E-state index >= 15 is 0 Å². The van der Waals surface area contributed by atoms with Gasteiger partial charge in [0.1, 0.15) is 0 Å². The molecule has 3 aromatic rings. The number of nitrogens with zero attached hydrogens (tertiary/aromatic N) is 2. The van der Waals surface area contributed by atoms with Gasteiger partial charge in [0, 0.05) is 42.7 Å². The van der Waals surface area contributed by atoms with Crippen LogP contribution in [0, 0.1) is 16.0 Å². The lowest BCUT2D eigenvalue weighted by atomic mass is 9.93. The molecule has 138 valence electrons. The molecule has 2 unspecified atom stereocenters.